The van der Waals surface area contributed by atoms with Crippen LogP contribution >= 0.6 is 0 Å². The van der Waals surface area contributed by atoms with Crippen LogP contribution in [0.25, 0.3) is 0 Å². The molecule has 0 saturated carbocycles. The van der Waals surface area contributed by atoms with Crippen LogP contribution in [-0.4, -0.2) is 34.7 Å². The molecule has 23 heavy (non-hydrogen) atoms. The number of benzene rings is 1. The monoisotopic (exact) mass is 319 g/mol. The van der Waals surface area contributed by atoms with Crippen LogP contribution < -0.4 is 0 Å². The minimum absolute atomic E-state index is 0.0915. The zero-order chi connectivity index (χ0) is 16.7. The van der Waals surface area contributed by atoms with Crippen molar-refractivity contribution in [2.75, 3.05) is 6.54 Å². The van der Waals surface area contributed by atoms with E-state index in [-0.39, 0.29) is 19.2 Å². The van der Waals surface area contributed by atoms with Crippen LogP contribution in [0.5, 0.6) is 0 Å². The van der Waals surface area contributed by atoms with Gasteiger partial charge in [0.25, 0.3) is 0 Å². The minimum Gasteiger partial charge on any atom is -0.481 e. The van der Waals surface area contributed by atoms with E-state index >= 15 is 0 Å². The lowest BCUT2D eigenvalue weighted by Gasteiger charge is -2.37. The second-order valence-corrected chi connectivity index (χ2v) is 6.10. The molecule has 0 aliphatic carbocycles. The van der Waals surface area contributed by atoms with Gasteiger partial charge in [-0.1, -0.05) is 50.1 Å². The number of unbranched alkanes of at least 4 members (excludes halogenated alkanes) is 1. The van der Waals surface area contributed by atoms with E-state index in [1.165, 1.54) is 0 Å². The standard InChI is InChI=1S/C18H25NO4/c1-2-3-9-16-11-10-15(17(20)21)12-19(16)18(22)23-13-14-7-5-4-6-8-14/h4-8,15-16H,2-3,9-13H2,1H3,(H,20,21). The van der Waals surface area contributed by atoms with E-state index in [1.807, 2.05) is 30.3 Å². The average molecular weight is 319 g/mol. The summed E-state index contributed by atoms with van der Waals surface area (Å²) >= 11 is 0. The number of likely N-dealkylation sites (tertiary alicyclic amines) is 1. The summed E-state index contributed by atoms with van der Waals surface area (Å²) in [4.78, 5) is 25.3. The molecule has 5 nitrogen and oxygen atoms in total. The molecule has 0 bridgehead atoms. The first-order chi connectivity index (χ1) is 11.1. The second-order valence-electron chi connectivity index (χ2n) is 6.10. The van der Waals surface area contributed by atoms with Crippen LogP contribution in [0, 0.1) is 5.92 Å². The van der Waals surface area contributed by atoms with Gasteiger partial charge in [0, 0.05) is 12.6 Å². The van der Waals surface area contributed by atoms with Gasteiger partial charge in [-0.15, -0.1) is 0 Å². The van der Waals surface area contributed by atoms with E-state index in [4.69, 9.17) is 4.74 Å². The van der Waals surface area contributed by atoms with Crippen LogP contribution in [0.2, 0.25) is 0 Å². The van der Waals surface area contributed by atoms with Gasteiger partial charge in [-0.05, 0) is 24.8 Å². The summed E-state index contributed by atoms with van der Waals surface area (Å²) in [5.74, 6) is -1.32. The van der Waals surface area contributed by atoms with Crippen molar-refractivity contribution >= 4 is 12.1 Å². The summed E-state index contributed by atoms with van der Waals surface area (Å²) in [7, 11) is 0. The predicted molar refractivity (Wildman–Crippen MR) is 87.0 cm³/mol. The number of carboxylic acid groups (broad SMARTS) is 1. The third-order valence-electron chi connectivity index (χ3n) is 4.39. The molecule has 1 heterocycles. The Labute approximate surface area is 137 Å². The van der Waals surface area contributed by atoms with Gasteiger partial charge in [-0.3, -0.25) is 4.79 Å². The van der Waals surface area contributed by atoms with E-state index in [0.29, 0.717) is 6.42 Å². The van der Waals surface area contributed by atoms with E-state index in [0.717, 1.165) is 31.2 Å². The molecule has 1 aliphatic rings. The first-order valence-electron chi connectivity index (χ1n) is 8.32. The van der Waals surface area contributed by atoms with Crippen molar-refractivity contribution < 1.29 is 19.4 Å². The van der Waals surface area contributed by atoms with E-state index in [9.17, 15) is 14.7 Å². The summed E-state index contributed by atoms with van der Waals surface area (Å²) in [6.07, 6.45) is 3.96. The molecule has 5 heteroatoms. The van der Waals surface area contributed by atoms with Crippen molar-refractivity contribution in [3.63, 3.8) is 0 Å². The van der Waals surface area contributed by atoms with E-state index in [2.05, 4.69) is 6.92 Å². The molecule has 0 radical (unpaired) electrons. The summed E-state index contributed by atoms with van der Waals surface area (Å²) in [5, 5.41) is 9.23. The van der Waals surface area contributed by atoms with Gasteiger partial charge in [-0.25, -0.2) is 4.79 Å². The molecule has 126 valence electrons. The van der Waals surface area contributed by atoms with Crippen molar-refractivity contribution in [3.05, 3.63) is 35.9 Å². The number of carbonyl (C=O) groups excluding carboxylic acids is 1. The van der Waals surface area contributed by atoms with Crippen molar-refractivity contribution in [2.24, 2.45) is 5.92 Å². The highest BCUT2D eigenvalue weighted by Crippen LogP contribution is 2.26. The van der Waals surface area contributed by atoms with Gasteiger partial charge in [-0.2, -0.15) is 0 Å². The SMILES string of the molecule is CCCCC1CCC(C(=O)O)CN1C(=O)OCc1ccccc1. The van der Waals surface area contributed by atoms with Gasteiger partial charge < -0.3 is 14.7 Å². The molecular formula is C18H25NO4. The Bertz CT molecular complexity index is 517. The topological polar surface area (TPSA) is 66.8 Å². The van der Waals surface area contributed by atoms with E-state index in [1.54, 1.807) is 4.90 Å². The lowest BCUT2D eigenvalue weighted by atomic mass is 9.90. The zero-order valence-electron chi connectivity index (χ0n) is 13.6. The van der Waals surface area contributed by atoms with Crippen LogP contribution in [-0.2, 0) is 16.1 Å². The van der Waals surface area contributed by atoms with Crippen molar-refractivity contribution in [2.45, 2.75) is 51.7 Å². The number of hydrogen-bond donors (Lipinski definition) is 1. The maximum Gasteiger partial charge on any atom is 0.410 e. The third-order valence-corrected chi connectivity index (χ3v) is 4.39. The Morgan fingerprint density at radius 2 is 2.00 bits per heavy atom. The number of piperidine rings is 1. The molecular weight excluding hydrogens is 294 g/mol. The minimum atomic E-state index is -0.834. The number of amides is 1. The summed E-state index contributed by atoms with van der Waals surface area (Å²) in [6, 6.07) is 9.60. The van der Waals surface area contributed by atoms with E-state index < -0.39 is 18.0 Å². The summed E-state index contributed by atoms with van der Waals surface area (Å²) in [6.45, 7) is 2.58. The number of carbonyl (C=O) groups is 2. The summed E-state index contributed by atoms with van der Waals surface area (Å²) in [5.41, 5.74) is 0.928. The fourth-order valence-corrected chi connectivity index (χ4v) is 2.99. The van der Waals surface area contributed by atoms with Gasteiger partial charge >= 0.3 is 12.1 Å². The van der Waals surface area contributed by atoms with Crippen molar-refractivity contribution in [1.82, 2.24) is 4.90 Å². The van der Waals surface area contributed by atoms with Crippen molar-refractivity contribution in [1.29, 1.82) is 0 Å². The van der Waals surface area contributed by atoms with Gasteiger partial charge in [0.15, 0.2) is 0 Å². The molecule has 1 fully saturated rings. The fourth-order valence-electron chi connectivity index (χ4n) is 2.99. The van der Waals surface area contributed by atoms with Crippen LogP contribution in [0.15, 0.2) is 30.3 Å². The maximum atomic E-state index is 12.4. The quantitative estimate of drug-likeness (QED) is 0.868. The number of ether oxygens (including phenoxy) is 1. The van der Waals surface area contributed by atoms with Crippen LogP contribution in [0.1, 0.15) is 44.6 Å². The van der Waals surface area contributed by atoms with Crippen LogP contribution in [0.3, 0.4) is 0 Å². The Balaban J connectivity index is 1.97. The van der Waals surface area contributed by atoms with Crippen LogP contribution in [0.4, 0.5) is 4.79 Å². The molecule has 2 rings (SSSR count). The molecule has 1 amide bonds. The molecule has 1 aromatic carbocycles. The molecule has 1 saturated heterocycles. The zero-order valence-corrected chi connectivity index (χ0v) is 13.6. The molecule has 1 aromatic rings. The lowest BCUT2D eigenvalue weighted by Crippen LogP contribution is -2.48. The second kappa shape index (κ2) is 8.56. The predicted octanol–water partition coefficient (Wildman–Crippen LogP) is 3.68. The highest BCUT2D eigenvalue weighted by atomic mass is 16.6. The number of hydrogen-bond acceptors (Lipinski definition) is 3. The highest BCUT2D eigenvalue weighted by molar-refractivity contribution is 5.73. The maximum absolute atomic E-state index is 12.4. The Morgan fingerprint density at radius 1 is 1.26 bits per heavy atom. The molecule has 0 aromatic heterocycles. The molecule has 1 aliphatic heterocycles. The first kappa shape index (κ1) is 17.3. The normalized spacial score (nSPS) is 21.0. The largest absolute Gasteiger partial charge is 0.481 e. The third kappa shape index (κ3) is 4.98. The van der Waals surface area contributed by atoms with Gasteiger partial charge in [0.05, 0.1) is 5.92 Å². The number of nitrogens with zero attached hydrogens (tertiary/aromatic N) is 1. The number of rotatable bonds is 6. The average Bonchev–Trinajstić information content (AvgIpc) is 2.58. The molecule has 0 spiro atoms. The molecule has 1 N–H and O–H groups in total. The fraction of sp³-hybridized carbons (Fsp3) is 0.556. The van der Waals surface area contributed by atoms with Crippen molar-refractivity contribution in [3.8, 4) is 0 Å². The van der Waals surface area contributed by atoms with Gasteiger partial charge in [0.1, 0.15) is 6.61 Å². The Morgan fingerprint density at radius 3 is 2.65 bits per heavy atom. The molecule has 2 atom stereocenters. The summed E-state index contributed by atoms with van der Waals surface area (Å²) < 4.78 is 5.40. The highest BCUT2D eigenvalue weighted by Gasteiger charge is 2.35. The Kier molecular flexibility index (Phi) is 6.44. The first-order valence-corrected chi connectivity index (χ1v) is 8.32. The number of aliphatic carboxylic acids is 1. The smallest absolute Gasteiger partial charge is 0.410 e. The number of carboxylic acids is 1. The molecule has 2 unspecified atom stereocenters. The Hall–Kier alpha value is -2.04. The van der Waals surface area contributed by atoms with Gasteiger partial charge in [0.2, 0.25) is 0 Å². The lowest BCUT2D eigenvalue weighted by molar-refractivity contribution is -0.143.